The summed E-state index contributed by atoms with van der Waals surface area (Å²) >= 11 is 0. The van der Waals surface area contributed by atoms with Crippen LogP contribution in [0.2, 0.25) is 0 Å². The maximum atomic E-state index is 12.3. The minimum atomic E-state index is -3.39. The Morgan fingerprint density at radius 1 is 1.22 bits per heavy atom. The summed E-state index contributed by atoms with van der Waals surface area (Å²) < 4.78 is 26.7. The Morgan fingerprint density at radius 3 is 2.30 bits per heavy atom. The van der Waals surface area contributed by atoms with Gasteiger partial charge in [-0.2, -0.15) is 22.1 Å². The Hall–Kier alpha value is -1.45. The fraction of sp³-hybridized carbons (Fsp3) is 0.714. The second-order valence-corrected chi connectivity index (χ2v) is 8.13. The number of nitrogens with one attached hydrogen (secondary N) is 1. The molecule has 0 spiro atoms. The maximum Gasteiger partial charge on any atom is 0.281 e. The van der Waals surface area contributed by atoms with E-state index in [1.54, 1.807) is 4.90 Å². The van der Waals surface area contributed by atoms with E-state index in [-0.39, 0.29) is 5.91 Å². The van der Waals surface area contributed by atoms with E-state index in [1.807, 2.05) is 13.8 Å². The molecule has 1 aliphatic rings. The number of rotatable bonds is 5. The number of piperazine rings is 1. The standard InChI is InChI=1S/C14H25N5O3S/c1-11-12(2)15-16-13(11)5-6-14(20)18-7-9-19(10-8-18)23(21,22)17(3)4/h5-10H2,1-4H3,(H,15,16). The molecule has 0 unspecified atom stereocenters. The molecule has 1 aliphatic heterocycles. The fourth-order valence-electron chi connectivity index (χ4n) is 2.56. The lowest BCUT2D eigenvalue weighted by molar-refractivity contribution is -0.132. The summed E-state index contributed by atoms with van der Waals surface area (Å²) in [6.45, 7) is 5.50. The van der Waals surface area contributed by atoms with E-state index < -0.39 is 10.2 Å². The number of H-pyrrole nitrogens is 1. The minimum absolute atomic E-state index is 0.0481. The molecule has 130 valence electrons. The van der Waals surface area contributed by atoms with Crippen molar-refractivity contribution in [3.8, 4) is 0 Å². The summed E-state index contributed by atoms with van der Waals surface area (Å²) in [5, 5.41) is 7.13. The van der Waals surface area contributed by atoms with Gasteiger partial charge in [-0.15, -0.1) is 0 Å². The van der Waals surface area contributed by atoms with Crippen LogP contribution >= 0.6 is 0 Å². The van der Waals surface area contributed by atoms with E-state index in [9.17, 15) is 13.2 Å². The molecule has 1 N–H and O–H groups in total. The van der Waals surface area contributed by atoms with Crippen LogP contribution in [0.5, 0.6) is 0 Å². The lowest BCUT2D eigenvalue weighted by Gasteiger charge is -2.35. The van der Waals surface area contributed by atoms with Crippen LogP contribution in [0.4, 0.5) is 0 Å². The van der Waals surface area contributed by atoms with Crippen LogP contribution in [0, 0.1) is 13.8 Å². The molecule has 9 heteroatoms. The molecule has 1 aromatic rings. The van der Waals surface area contributed by atoms with Gasteiger partial charge in [0, 0.05) is 58.8 Å². The molecule has 23 heavy (non-hydrogen) atoms. The number of carbonyl (C=O) groups is 1. The van der Waals surface area contributed by atoms with Gasteiger partial charge in [0.05, 0.1) is 5.69 Å². The summed E-state index contributed by atoms with van der Waals surface area (Å²) in [5.41, 5.74) is 3.04. The highest BCUT2D eigenvalue weighted by molar-refractivity contribution is 7.86. The smallest absolute Gasteiger partial charge is 0.281 e. The quantitative estimate of drug-likeness (QED) is 0.809. The SMILES string of the molecule is Cc1[nH]nc(CCC(=O)N2CCN(S(=O)(=O)N(C)C)CC2)c1C. The van der Waals surface area contributed by atoms with Crippen LogP contribution in [0.25, 0.3) is 0 Å². The molecule has 0 saturated carbocycles. The van der Waals surface area contributed by atoms with Gasteiger partial charge >= 0.3 is 0 Å². The van der Waals surface area contributed by atoms with E-state index in [0.717, 1.165) is 17.0 Å². The average molecular weight is 343 g/mol. The van der Waals surface area contributed by atoms with Crippen LogP contribution in [-0.2, 0) is 21.4 Å². The number of hydrogen-bond donors (Lipinski definition) is 1. The molecule has 0 aromatic carbocycles. The lowest BCUT2D eigenvalue weighted by Crippen LogP contribution is -2.53. The first-order valence-electron chi connectivity index (χ1n) is 7.69. The molecule has 1 fully saturated rings. The highest BCUT2D eigenvalue weighted by Crippen LogP contribution is 2.13. The molecule has 2 rings (SSSR count). The highest BCUT2D eigenvalue weighted by atomic mass is 32.2. The minimum Gasteiger partial charge on any atom is -0.340 e. The number of nitrogens with zero attached hydrogens (tertiary/aromatic N) is 4. The summed E-state index contributed by atoms with van der Waals surface area (Å²) in [4.78, 5) is 14.0. The van der Waals surface area contributed by atoms with E-state index in [4.69, 9.17) is 0 Å². The number of aromatic amines is 1. The van der Waals surface area contributed by atoms with E-state index in [1.165, 1.54) is 22.7 Å². The first kappa shape index (κ1) is 17.9. The maximum absolute atomic E-state index is 12.3. The molecule has 0 aliphatic carbocycles. The van der Waals surface area contributed by atoms with Crippen LogP contribution < -0.4 is 0 Å². The van der Waals surface area contributed by atoms with E-state index in [0.29, 0.717) is 39.0 Å². The average Bonchev–Trinajstić information content (AvgIpc) is 2.84. The van der Waals surface area contributed by atoms with Crippen LogP contribution in [0.3, 0.4) is 0 Å². The van der Waals surface area contributed by atoms with Crippen LogP contribution in [0.15, 0.2) is 0 Å². The largest absolute Gasteiger partial charge is 0.340 e. The number of aryl methyl sites for hydroxylation is 2. The monoisotopic (exact) mass is 343 g/mol. The Labute approximate surface area is 137 Å². The first-order chi connectivity index (χ1) is 10.7. The second kappa shape index (κ2) is 6.98. The Balaban J connectivity index is 1.85. The van der Waals surface area contributed by atoms with Gasteiger partial charge in [-0.3, -0.25) is 9.89 Å². The third-order valence-electron chi connectivity index (χ3n) is 4.31. The van der Waals surface area contributed by atoms with Gasteiger partial charge in [-0.25, -0.2) is 0 Å². The van der Waals surface area contributed by atoms with Crippen molar-refractivity contribution >= 4 is 16.1 Å². The van der Waals surface area contributed by atoms with Crippen LogP contribution in [0.1, 0.15) is 23.4 Å². The van der Waals surface area contributed by atoms with Crippen molar-refractivity contribution in [2.75, 3.05) is 40.3 Å². The zero-order chi connectivity index (χ0) is 17.2. The summed E-state index contributed by atoms with van der Waals surface area (Å²) in [6, 6.07) is 0. The molecular weight excluding hydrogens is 318 g/mol. The summed E-state index contributed by atoms with van der Waals surface area (Å²) in [6.07, 6.45) is 0.997. The topological polar surface area (TPSA) is 89.6 Å². The van der Waals surface area contributed by atoms with Gasteiger partial charge < -0.3 is 4.90 Å². The first-order valence-corrected chi connectivity index (χ1v) is 9.09. The lowest BCUT2D eigenvalue weighted by atomic mass is 10.1. The third kappa shape index (κ3) is 3.91. The van der Waals surface area contributed by atoms with Gasteiger partial charge in [-0.1, -0.05) is 0 Å². The molecule has 1 amide bonds. The molecule has 8 nitrogen and oxygen atoms in total. The van der Waals surface area contributed by atoms with Gasteiger partial charge in [0.1, 0.15) is 0 Å². The highest BCUT2D eigenvalue weighted by Gasteiger charge is 2.30. The zero-order valence-electron chi connectivity index (χ0n) is 14.2. The Kier molecular flexibility index (Phi) is 5.43. The normalized spacial score (nSPS) is 17.0. The second-order valence-electron chi connectivity index (χ2n) is 5.99. The van der Waals surface area contributed by atoms with Crippen molar-refractivity contribution < 1.29 is 13.2 Å². The third-order valence-corrected chi connectivity index (χ3v) is 6.25. The predicted octanol–water partition coefficient (Wildman–Crippen LogP) is -0.0903. The molecule has 0 radical (unpaired) electrons. The van der Waals surface area contributed by atoms with Gasteiger partial charge in [0.25, 0.3) is 10.2 Å². The van der Waals surface area contributed by atoms with Crippen molar-refractivity contribution in [1.82, 2.24) is 23.7 Å². The van der Waals surface area contributed by atoms with Crippen molar-refractivity contribution in [3.63, 3.8) is 0 Å². The van der Waals surface area contributed by atoms with Gasteiger partial charge in [0.2, 0.25) is 5.91 Å². The van der Waals surface area contributed by atoms with Crippen molar-refractivity contribution in [2.45, 2.75) is 26.7 Å². The predicted molar refractivity (Wildman–Crippen MR) is 87.1 cm³/mol. The number of carbonyl (C=O) groups excluding carboxylic acids is 1. The fourth-order valence-corrected chi connectivity index (χ4v) is 3.65. The molecule has 1 saturated heterocycles. The molecule has 0 bridgehead atoms. The Bertz CT molecular complexity index is 660. The molecular formula is C14H25N5O3S. The molecule has 2 heterocycles. The molecule has 1 aromatic heterocycles. The van der Waals surface area contributed by atoms with Gasteiger partial charge in [-0.05, 0) is 19.4 Å². The van der Waals surface area contributed by atoms with E-state index in [2.05, 4.69) is 10.2 Å². The van der Waals surface area contributed by atoms with Gasteiger partial charge in [0.15, 0.2) is 0 Å². The Morgan fingerprint density at radius 2 is 1.83 bits per heavy atom. The number of aromatic nitrogens is 2. The van der Waals surface area contributed by atoms with Crippen molar-refractivity contribution in [2.24, 2.45) is 0 Å². The number of amides is 1. The van der Waals surface area contributed by atoms with Crippen LogP contribution in [-0.4, -0.2) is 78.3 Å². The molecule has 0 atom stereocenters. The summed E-state index contributed by atoms with van der Waals surface area (Å²) in [7, 11) is -0.363. The van der Waals surface area contributed by atoms with Crippen molar-refractivity contribution in [3.05, 3.63) is 17.0 Å². The van der Waals surface area contributed by atoms with E-state index >= 15 is 0 Å². The summed E-state index contributed by atoms with van der Waals surface area (Å²) in [5.74, 6) is 0.0481. The van der Waals surface area contributed by atoms with Crippen molar-refractivity contribution in [1.29, 1.82) is 0 Å². The zero-order valence-corrected chi connectivity index (χ0v) is 15.0. The number of hydrogen-bond acceptors (Lipinski definition) is 4.